The molecule has 0 bridgehead atoms. The highest BCUT2D eigenvalue weighted by atomic mass is 35.5. The van der Waals surface area contributed by atoms with Gasteiger partial charge in [-0.1, -0.05) is 56.3 Å². The highest BCUT2D eigenvalue weighted by Gasteiger charge is 2.40. The van der Waals surface area contributed by atoms with Crippen LogP contribution in [0.4, 0.5) is 0 Å². The van der Waals surface area contributed by atoms with Crippen LogP contribution in [0.15, 0.2) is 24.3 Å². The quantitative estimate of drug-likeness (QED) is 0.736. The first-order valence-electron chi connectivity index (χ1n) is 8.34. The highest BCUT2D eigenvalue weighted by molar-refractivity contribution is 6.30. The predicted molar refractivity (Wildman–Crippen MR) is 89.9 cm³/mol. The van der Waals surface area contributed by atoms with E-state index in [1.54, 1.807) is 0 Å². The number of likely N-dealkylation sites (N-methyl/N-ethyl adjacent to an activating group) is 1. The maximum Gasteiger partial charge on any atom is 0.0876 e. The number of benzene rings is 1. The second-order valence-corrected chi connectivity index (χ2v) is 6.39. The molecule has 0 aliphatic heterocycles. The zero-order chi connectivity index (χ0) is 15.1. The summed E-state index contributed by atoms with van der Waals surface area (Å²) < 4.78 is 6.35. The van der Waals surface area contributed by atoms with Gasteiger partial charge in [0.2, 0.25) is 0 Å². The monoisotopic (exact) mass is 309 g/mol. The van der Waals surface area contributed by atoms with Crippen LogP contribution >= 0.6 is 11.6 Å². The lowest BCUT2D eigenvalue weighted by Crippen LogP contribution is -2.46. The van der Waals surface area contributed by atoms with Gasteiger partial charge in [0.1, 0.15) is 0 Å². The fourth-order valence-electron chi connectivity index (χ4n) is 3.63. The molecule has 2 nitrogen and oxygen atoms in total. The molecule has 0 amide bonds. The average Bonchev–Trinajstić information content (AvgIpc) is 2.71. The van der Waals surface area contributed by atoms with Crippen molar-refractivity contribution in [1.29, 1.82) is 0 Å². The normalized spacial score (nSPS) is 20.0. The molecule has 1 aliphatic carbocycles. The largest absolute Gasteiger partial charge is 0.373 e. The number of hydrogen-bond acceptors (Lipinski definition) is 2. The number of nitrogens with one attached hydrogen (secondary N) is 1. The number of ether oxygens (including phenoxy) is 1. The Morgan fingerprint density at radius 2 is 1.90 bits per heavy atom. The summed E-state index contributed by atoms with van der Waals surface area (Å²) >= 11 is 6.21. The first kappa shape index (κ1) is 16.8. The van der Waals surface area contributed by atoms with Gasteiger partial charge in [-0.05, 0) is 44.0 Å². The van der Waals surface area contributed by atoms with E-state index in [2.05, 4.69) is 31.3 Å². The van der Waals surface area contributed by atoms with Gasteiger partial charge in [0.15, 0.2) is 0 Å². The summed E-state index contributed by atoms with van der Waals surface area (Å²) in [4.78, 5) is 0. The Morgan fingerprint density at radius 3 is 2.48 bits per heavy atom. The van der Waals surface area contributed by atoms with E-state index in [1.807, 2.05) is 12.1 Å². The SMILES string of the molecule is CCNC(c1cccc(Cl)c1)C1(OCC)CCCCCC1. The smallest absolute Gasteiger partial charge is 0.0876 e. The summed E-state index contributed by atoms with van der Waals surface area (Å²) in [6, 6.07) is 8.46. The summed E-state index contributed by atoms with van der Waals surface area (Å²) in [6.45, 7) is 5.97. The minimum atomic E-state index is -0.0913. The first-order chi connectivity index (χ1) is 10.2. The molecule has 0 heterocycles. The van der Waals surface area contributed by atoms with Crippen molar-refractivity contribution in [3.63, 3.8) is 0 Å². The van der Waals surface area contributed by atoms with E-state index in [0.29, 0.717) is 0 Å². The van der Waals surface area contributed by atoms with Crippen LogP contribution in [-0.4, -0.2) is 18.8 Å². The predicted octanol–water partition coefficient (Wildman–Crippen LogP) is 5.12. The van der Waals surface area contributed by atoms with Gasteiger partial charge >= 0.3 is 0 Å². The van der Waals surface area contributed by atoms with Gasteiger partial charge < -0.3 is 10.1 Å². The standard InChI is InChI=1S/C18H28ClNO/c1-3-20-17(15-10-9-11-16(19)14-15)18(21-4-2)12-7-5-6-8-13-18/h9-11,14,17,20H,3-8,12-13H2,1-2H3. The van der Waals surface area contributed by atoms with Crippen molar-refractivity contribution in [3.05, 3.63) is 34.9 Å². The van der Waals surface area contributed by atoms with Crippen molar-refractivity contribution >= 4 is 11.6 Å². The minimum absolute atomic E-state index is 0.0913. The third kappa shape index (κ3) is 4.21. The van der Waals surface area contributed by atoms with Crippen LogP contribution in [0.5, 0.6) is 0 Å². The molecule has 118 valence electrons. The topological polar surface area (TPSA) is 21.3 Å². The number of rotatable bonds is 6. The molecule has 1 fully saturated rings. The van der Waals surface area contributed by atoms with Gasteiger partial charge in [0.05, 0.1) is 11.6 Å². The molecular formula is C18H28ClNO. The van der Waals surface area contributed by atoms with E-state index < -0.39 is 0 Å². The van der Waals surface area contributed by atoms with Crippen molar-refractivity contribution in [2.24, 2.45) is 0 Å². The molecule has 2 rings (SSSR count). The minimum Gasteiger partial charge on any atom is -0.373 e. The third-order valence-corrected chi connectivity index (χ3v) is 4.73. The van der Waals surface area contributed by atoms with E-state index in [1.165, 1.54) is 31.2 Å². The number of hydrogen-bond donors (Lipinski definition) is 1. The fourth-order valence-corrected chi connectivity index (χ4v) is 3.83. The Kier molecular flexibility index (Phi) is 6.53. The molecule has 1 saturated carbocycles. The Balaban J connectivity index is 2.35. The van der Waals surface area contributed by atoms with Crippen molar-refractivity contribution in [2.45, 2.75) is 64.0 Å². The molecule has 0 spiro atoms. The summed E-state index contributed by atoms with van der Waals surface area (Å²) in [6.07, 6.45) is 7.41. The van der Waals surface area contributed by atoms with E-state index in [-0.39, 0.29) is 11.6 Å². The van der Waals surface area contributed by atoms with Crippen LogP contribution < -0.4 is 5.32 Å². The zero-order valence-electron chi connectivity index (χ0n) is 13.3. The average molecular weight is 310 g/mol. The van der Waals surface area contributed by atoms with Crippen molar-refractivity contribution in [2.75, 3.05) is 13.2 Å². The summed E-state index contributed by atoms with van der Waals surface area (Å²) in [5.74, 6) is 0. The maximum atomic E-state index is 6.35. The van der Waals surface area contributed by atoms with Crippen LogP contribution in [0, 0.1) is 0 Å². The molecule has 21 heavy (non-hydrogen) atoms. The number of halogens is 1. The molecule has 0 aromatic heterocycles. The van der Waals surface area contributed by atoms with Crippen molar-refractivity contribution in [3.8, 4) is 0 Å². The van der Waals surface area contributed by atoms with Crippen LogP contribution in [0.1, 0.15) is 64.0 Å². The molecule has 0 radical (unpaired) electrons. The summed E-state index contributed by atoms with van der Waals surface area (Å²) in [7, 11) is 0. The van der Waals surface area contributed by atoms with Gasteiger partial charge in [-0.2, -0.15) is 0 Å². The zero-order valence-corrected chi connectivity index (χ0v) is 14.1. The molecule has 3 heteroatoms. The molecule has 1 aromatic rings. The molecule has 0 saturated heterocycles. The molecule has 1 unspecified atom stereocenters. The fraction of sp³-hybridized carbons (Fsp3) is 0.667. The second kappa shape index (κ2) is 8.17. The van der Waals surface area contributed by atoms with Gasteiger partial charge in [-0.15, -0.1) is 0 Å². The highest BCUT2D eigenvalue weighted by Crippen LogP contribution is 2.41. The molecule has 1 aliphatic rings. The molecule has 1 atom stereocenters. The Bertz CT molecular complexity index is 427. The van der Waals surface area contributed by atoms with E-state index >= 15 is 0 Å². The molecular weight excluding hydrogens is 282 g/mol. The summed E-state index contributed by atoms with van der Waals surface area (Å²) in [5.41, 5.74) is 1.16. The first-order valence-corrected chi connectivity index (χ1v) is 8.72. The lowest BCUT2D eigenvalue weighted by Gasteiger charge is -2.41. The summed E-state index contributed by atoms with van der Waals surface area (Å²) in [5, 5.41) is 4.47. The van der Waals surface area contributed by atoms with Crippen LogP contribution in [0.25, 0.3) is 0 Å². The maximum absolute atomic E-state index is 6.35. The van der Waals surface area contributed by atoms with Crippen molar-refractivity contribution in [1.82, 2.24) is 5.32 Å². The van der Waals surface area contributed by atoms with Crippen LogP contribution in [0.3, 0.4) is 0 Å². The molecule has 1 N–H and O–H groups in total. The van der Waals surface area contributed by atoms with Crippen LogP contribution in [-0.2, 0) is 4.74 Å². The van der Waals surface area contributed by atoms with Crippen molar-refractivity contribution < 1.29 is 4.74 Å². The van der Waals surface area contributed by atoms with Crippen LogP contribution in [0.2, 0.25) is 5.02 Å². The van der Waals surface area contributed by atoms with Gasteiger partial charge in [0.25, 0.3) is 0 Å². The van der Waals surface area contributed by atoms with E-state index in [9.17, 15) is 0 Å². The Morgan fingerprint density at radius 1 is 1.19 bits per heavy atom. The second-order valence-electron chi connectivity index (χ2n) is 5.96. The Hall–Kier alpha value is -0.570. The Labute approximate surface area is 134 Å². The van der Waals surface area contributed by atoms with Gasteiger partial charge in [-0.3, -0.25) is 0 Å². The lowest BCUT2D eigenvalue weighted by atomic mass is 9.82. The third-order valence-electron chi connectivity index (χ3n) is 4.50. The van der Waals surface area contributed by atoms with Gasteiger partial charge in [-0.25, -0.2) is 0 Å². The van der Waals surface area contributed by atoms with E-state index in [4.69, 9.17) is 16.3 Å². The lowest BCUT2D eigenvalue weighted by molar-refractivity contribution is -0.0779. The van der Waals surface area contributed by atoms with E-state index in [0.717, 1.165) is 31.0 Å². The molecule has 1 aromatic carbocycles. The van der Waals surface area contributed by atoms with Gasteiger partial charge in [0, 0.05) is 11.6 Å².